The second-order valence-electron chi connectivity index (χ2n) is 5.18. The molecule has 0 aliphatic rings. The van der Waals surface area contributed by atoms with Crippen LogP contribution >= 0.6 is 0 Å². The maximum atomic E-state index is 4.63. The fourth-order valence-electron chi connectivity index (χ4n) is 2.66. The Labute approximate surface area is 112 Å². The molecule has 0 bridgehead atoms. The molecule has 1 N–H and O–H groups in total. The summed E-state index contributed by atoms with van der Waals surface area (Å²) in [7, 11) is 0. The zero-order valence-electron chi connectivity index (χ0n) is 11.7. The molecular weight excluding hydrogens is 234 g/mol. The fraction of sp³-hybridized carbons (Fsp3) is 0.250. The molecule has 3 heteroatoms. The topological polar surface area (TPSA) is 41.6 Å². The van der Waals surface area contributed by atoms with Crippen LogP contribution in [0.3, 0.4) is 0 Å². The molecule has 0 saturated carbocycles. The Bertz CT molecular complexity index is 746. The van der Waals surface area contributed by atoms with Gasteiger partial charge in [0.15, 0.2) is 5.65 Å². The van der Waals surface area contributed by atoms with E-state index in [1.165, 1.54) is 22.3 Å². The Morgan fingerprint density at radius 2 is 1.58 bits per heavy atom. The normalized spacial score (nSPS) is 11.2. The summed E-state index contributed by atoms with van der Waals surface area (Å²) < 4.78 is 0. The van der Waals surface area contributed by atoms with Crippen LogP contribution in [0.4, 0.5) is 0 Å². The minimum atomic E-state index is 0.786. The number of fused-ring (bicyclic) bond motifs is 1. The molecule has 1 aromatic carbocycles. The first-order valence-corrected chi connectivity index (χ1v) is 6.46. The lowest BCUT2D eigenvalue weighted by Crippen LogP contribution is -1.91. The van der Waals surface area contributed by atoms with Gasteiger partial charge in [0.05, 0.1) is 5.52 Å². The Kier molecular flexibility index (Phi) is 2.63. The number of imidazole rings is 1. The molecule has 96 valence electrons. The lowest BCUT2D eigenvalue weighted by molar-refractivity contribution is 1.21. The van der Waals surface area contributed by atoms with Crippen molar-refractivity contribution in [2.75, 3.05) is 0 Å². The summed E-state index contributed by atoms with van der Waals surface area (Å²) in [5, 5.41) is 0. The van der Waals surface area contributed by atoms with Crippen LogP contribution in [0.25, 0.3) is 22.6 Å². The van der Waals surface area contributed by atoms with Crippen molar-refractivity contribution in [1.82, 2.24) is 15.0 Å². The number of hydrogen-bond acceptors (Lipinski definition) is 2. The van der Waals surface area contributed by atoms with Crippen LogP contribution in [-0.4, -0.2) is 15.0 Å². The van der Waals surface area contributed by atoms with Gasteiger partial charge in [0, 0.05) is 11.3 Å². The van der Waals surface area contributed by atoms with E-state index in [0.717, 1.165) is 22.7 Å². The second kappa shape index (κ2) is 4.19. The van der Waals surface area contributed by atoms with Gasteiger partial charge in [-0.05, 0) is 51.0 Å². The highest BCUT2D eigenvalue weighted by Gasteiger charge is 2.11. The number of aromatic nitrogens is 3. The van der Waals surface area contributed by atoms with Crippen molar-refractivity contribution in [3.05, 3.63) is 46.6 Å². The maximum absolute atomic E-state index is 4.63. The third-order valence-electron chi connectivity index (χ3n) is 3.40. The molecule has 0 aliphatic heterocycles. The summed E-state index contributed by atoms with van der Waals surface area (Å²) in [6.07, 6.45) is 0. The van der Waals surface area contributed by atoms with Gasteiger partial charge in [0.1, 0.15) is 5.82 Å². The van der Waals surface area contributed by atoms with E-state index in [4.69, 9.17) is 0 Å². The van der Waals surface area contributed by atoms with Crippen molar-refractivity contribution in [3.8, 4) is 11.4 Å². The van der Waals surface area contributed by atoms with Crippen molar-refractivity contribution in [3.63, 3.8) is 0 Å². The van der Waals surface area contributed by atoms with E-state index in [1.807, 2.05) is 19.1 Å². The molecule has 0 unspecified atom stereocenters. The van der Waals surface area contributed by atoms with Crippen LogP contribution < -0.4 is 0 Å². The lowest BCUT2D eigenvalue weighted by atomic mass is 9.99. The predicted octanol–water partition coefficient (Wildman–Crippen LogP) is 3.86. The molecule has 2 heterocycles. The van der Waals surface area contributed by atoms with Crippen LogP contribution in [0.5, 0.6) is 0 Å². The largest absolute Gasteiger partial charge is 0.337 e. The number of nitrogens with one attached hydrogen (secondary N) is 1. The average Bonchev–Trinajstić information content (AvgIpc) is 2.69. The lowest BCUT2D eigenvalue weighted by Gasteiger charge is -2.08. The van der Waals surface area contributed by atoms with Gasteiger partial charge in [0.2, 0.25) is 0 Å². The molecule has 3 nitrogen and oxygen atoms in total. The molecule has 0 atom stereocenters. The Morgan fingerprint density at radius 3 is 2.26 bits per heavy atom. The number of rotatable bonds is 1. The first-order chi connectivity index (χ1) is 9.04. The Balaban J connectivity index is 2.24. The second-order valence-corrected chi connectivity index (χ2v) is 5.18. The van der Waals surface area contributed by atoms with E-state index < -0.39 is 0 Å². The monoisotopic (exact) mass is 251 g/mol. The highest BCUT2D eigenvalue weighted by molar-refractivity contribution is 5.78. The number of aryl methyl sites for hydroxylation is 4. The molecule has 19 heavy (non-hydrogen) atoms. The van der Waals surface area contributed by atoms with E-state index in [2.05, 4.69) is 47.9 Å². The number of pyridine rings is 1. The summed E-state index contributed by atoms with van der Waals surface area (Å²) in [6.45, 7) is 8.35. The Hall–Kier alpha value is -2.16. The summed E-state index contributed by atoms with van der Waals surface area (Å²) >= 11 is 0. The van der Waals surface area contributed by atoms with Crippen LogP contribution in [0.15, 0.2) is 24.3 Å². The zero-order valence-corrected chi connectivity index (χ0v) is 11.7. The van der Waals surface area contributed by atoms with Crippen molar-refractivity contribution < 1.29 is 0 Å². The van der Waals surface area contributed by atoms with Gasteiger partial charge in [-0.15, -0.1) is 0 Å². The van der Waals surface area contributed by atoms with Gasteiger partial charge < -0.3 is 4.98 Å². The molecule has 0 fully saturated rings. The third kappa shape index (κ3) is 2.01. The van der Waals surface area contributed by atoms with E-state index >= 15 is 0 Å². The molecule has 0 saturated heterocycles. The van der Waals surface area contributed by atoms with E-state index in [-0.39, 0.29) is 0 Å². The van der Waals surface area contributed by atoms with Gasteiger partial charge in [-0.2, -0.15) is 0 Å². The number of aromatic amines is 1. The standard InChI is InChI=1S/C16H17N3/c1-9-7-10(2)14(11(3)8-9)16-18-13-6-5-12(4)17-15(13)19-16/h5-8H,1-4H3,(H,17,18,19). The van der Waals surface area contributed by atoms with Crippen LogP contribution in [0.1, 0.15) is 22.4 Å². The zero-order chi connectivity index (χ0) is 13.6. The predicted molar refractivity (Wildman–Crippen MR) is 78.3 cm³/mol. The summed E-state index contributed by atoms with van der Waals surface area (Å²) in [4.78, 5) is 12.5. The van der Waals surface area contributed by atoms with Crippen LogP contribution in [0, 0.1) is 27.7 Å². The van der Waals surface area contributed by atoms with Gasteiger partial charge in [-0.1, -0.05) is 17.7 Å². The average molecular weight is 251 g/mol. The molecule has 0 amide bonds. The third-order valence-corrected chi connectivity index (χ3v) is 3.40. The SMILES string of the molecule is Cc1cc(C)c(-c2nc3nc(C)ccc3[nH]2)c(C)c1. The molecule has 0 aliphatic carbocycles. The first-order valence-electron chi connectivity index (χ1n) is 6.46. The summed E-state index contributed by atoms with van der Waals surface area (Å²) in [6, 6.07) is 8.41. The van der Waals surface area contributed by atoms with Gasteiger partial charge in [0.25, 0.3) is 0 Å². The summed E-state index contributed by atoms with van der Waals surface area (Å²) in [5.41, 5.74) is 7.71. The van der Waals surface area contributed by atoms with Crippen LogP contribution in [-0.2, 0) is 0 Å². The van der Waals surface area contributed by atoms with E-state index in [1.54, 1.807) is 0 Å². The smallest absolute Gasteiger partial charge is 0.178 e. The molecule has 2 aromatic heterocycles. The fourth-order valence-corrected chi connectivity index (χ4v) is 2.66. The quantitative estimate of drug-likeness (QED) is 0.713. The number of hydrogen-bond donors (Lipinski definition) is 1. The molecule has 0 radical (unpaired) electrons. The minimum Gasteiger partial charge on any atom is -0.337 e. The van der Waals surface area contributed by atoms with Crippen molar-refractivity contribution in [1.29, 1.82) is 0 Å². The Morgan fingerprint density at radius 1 is 0.895 bits per heavy atom. The first kappa shape index (κ1) is 11.9. The highest BCUT2D eigenvalue weighted by atomic mass is 15.0. The van der Waals surface area contributed by atoms with Crippen molar-refractivity contribution >= 4 is 11.2 Å². The van der Waals surface area contributed by atoms with E-state index in [9.17, 15) is 0 Å². The maximum Gasteiger partial charge on any atom is 0.178 e. The van der Waals surface area contributed by atoms with Gasteiger partial charge in [-0.3, -0.25) is 0 Å². The van der Waals surface area contributed by atoms with Gasteiger partial charge >= 0.3 is 0 Å². The molecule has 3 rings (SSSR count). The summed E-state index contributed by atoms with van der Waals surface area (Å²) in [5.74, 6) is 0.906. The molecule has 0 spiro atoms. The van der Waals surface area contributed by atoms with Crippen LogP contribution in [0.2, 0.25) is 0 Å². The van der Waals surface area contributed by atoms with Crippen molar-refractivity contribution in [2.45, 2.75) is 27.7 Å². The van der Waals surface area contributed by atoms with Crippen molar-refractivity contribution in [2.24, 2.45) is 0 Å². The number of H-pyrrole nitrogens is 1. The highest BCUT2D eigenvalue weighted by Crippen LogP contribution is 2.27. The number of benzene rings is 1. The molecular formula is C16H17N3. The molecule has 3 aromatic rings. The number of nitrogens with zero attached hydrogens (tertiary/aromatic N) is 2. The minimum absolute atomic E-state index is 0.786. The van der Waals surface area contributed by atoms with E-state index in [0.29, 0.717) is 0 Å². The van der Waals surface area contributed by atoms with Gasteiger partial charge in [-0.25, -0.2) is 9.97 Å².